The quantitative estimate of drug-likeness (QED) is 0.513. The maximum Gasteiger partial charge on any atom is 0.155 e. The molecule has 0 aromatic carbocycles. The molecule has 2 nitrogen and oxygen atoms in total. The molecule has 0 bridgehead atoms. The topological polar surface area (TPSA) is 37.3 Å². The van der Waals surface area contributed by atoms with E-state index in [2.05, 4.69) is 6.58 Å². The molecule has 11 heavy (non-hydrogen) atoms. The molecule has 1 rings (SSSR count). The Morgan fingerprint density at radius 1 is 1.55 bits per heavy atom. The van der Waals surface area contributed by atoms with Gasteiger partial charge in [-0.25, -0.2) is 4.21 Å². The van der Waals surface area contributed by atoms with Crippen LogP contribution in [0.25, 0.3) is 0 Å². The van der Waals surface area contributed by atoms with E-state index in [1.54, 1.807) is 0 Å². The summed E-state index contributed by atoms with van der Waals surface area (Å²) in [4.78, 5) is 0. The Morgan fingerprint density at radius 3 is 2.82 bits per heavy atom. The SMILES string of the molecule is C=CC1CCCC(S(=O)O)C1. The lowest BCUT2D eigenvalue weighted by atomic mass is 9.89. The third kappa shape index (κ3) is 2.42. The molecule has 1 fully saturated rings. The van der Waals surface area contributed by atoms with Crippen LogP contribution in [0.5, 0.6) is 0 Å². The first-order valence-electron chi connectivity index (χ1n) is 3.96. The van der Waals surface area contributed by atoms with Crippen LogP contribution in [0, 0.1) is 5.92 Å². The molecule has 3 heteroatoms. The van der Waals surface area contributed by atoms with Gasteiger partial charge in [0.1, 0.15) is 0 Å². The minimum atomic E-state index is -1.62. The van der Waals surface area contributed by atoms with Gasteiger partial charge in [-0.05, 0) is 25.2 Å². The highest BCUT2D eigenvalue weighted by Gasteiger charge is 2.23. The van der Waals surface area contributed by atoms with Crippen molar-refractivity contribution in [1.82, 2.24) is 0 Å². The van der Waals surface area contributed by atoms with Crippen molar-refractivity contribution in [3.8, 4) is 0 Å². The maximum absolute atomic E-state index is 10.7. The molecule has 0 aromatic rings. The van der Waals surface area contributed by atoms with Gasteiger partial charge in [-0.15, -0.1) is 6.58 Å². The van der Waals surface area contributed by atoms with E-state index in [1.807, 2.05) is 6.08 Å². The van der Waals surface area contributed by atoms with Crippen molar-refractivity contribution >= 4 is 11.1 Å². The van der Waals surface area contributed by atoms with Gasteiger partial charge in [0.2, 0.25) is 0 Å². The zero-order valence-electron chi connectivity index (χ0n) is 6.53. The summed E-state index contributed by atoms with van der Waals surface area (Å²) in [6.45, 7) is 3.70. The first-order valence-corrected chi connectivity index (χ1v) is 5.13. The average molecular weight is 174 g/mol. The van der Waals surface area contributed by atoms with E-state index < -0.39 is 11.1 Å². The molecule has 0 saturated heterocycles. The summed E-state index contributed by atoms with van der Waals surface area (Å²) in [7, 11) is 0. The van der Waals surface area contributed by atoms with Crippen LogP contribution in [-0.4, -0.2) is 14.0 Å². The fraction of sp³-hybridized carbons (Fsp3) is 0.750. The Hall–Kier alpha value is -0.150. The highest BCUT2D eigenvalue weighted by Crippen LogP contribution is 2.27. The Balaban J connectivity index is 2.45. The van der Waals surface area contributed by atoms with Crippen LogP contribution in [0.3, 0.4) is 0 Å². The molecule has 0 spiro atoms. The van der Waals surface area contributed by atoms with Crippen LogP contribution < -0.4 is 0 Å². The lowest BCUT2D eigenvalue weighted by molar-refractivity contribution is 0.408. The van der Waals surface area contributed by atoms with E-state index in [0.717, 1.165) is 25.7 Å². The summed E-state index contributed by atoms with van der Waals surface area (Å²) in [6.07, 6.45) is 5.84. The molecule has 64 valence electrons. The summed E-state index contributed by atoms with van der Waals surface area (Å²) < 4.78 is 19.5. The third-order valence-corrected chi connectivity index (χ3v) is 3.28. The lowest BCUT2D eigenvalue weighted by Crippen LogP contribution is -2.22. The molecular weight excluding hydrogens is 160 g/mol. The van der Waals surface area contributed by atoms with Gasteiger partial charge in [0, 0.05) is 0 Å². The molecule has 1 aliphatic carbocycles. The van der Waals surface area contributed by atoms with Crippen molar-refractivity contribution < 1.29 is 8.76 Å². The molecule has 0 radical (unpaired) electrons. The van der Waals surface area contributed by atoms with Crippen molar-refractivity contribution in [2.24, 2.45) is 5.92 Å². The molecule has 0 aromatic heterocycles. The molecule has 3 atom stereocenters. The zero-order chi connectivity index (χ0) is 8.27. The van der Waals surface area contributed by atoms with Gasteiger partial charge in [-0.2, -0.15) is 0 Å². The zero-order valence-corrected chi connectivity index (χ0v) is 7.35. The van der Waals surface area contributed by atoms with Gasteiger partial charge in [-0.3, -0.25) is 0 Å². The molecule has 1 saturated carbocycles. The van der Waals surface area contributed by atoms with Gasteiger partial charge in [-0.1, -0.05) is 12.5 Å². The standard InChI is InChI=1S/C8H14O2S/c1-2-7-4-3-5-8(6-7)11(9)10/h2,7-8H,1,3-6H2,(H,9,10). The van der Waals surface area contributed by atoms with E-state index in [9.17, 15) is 4.21 Å². The molecule has 0 aliphatic heterocycles. The van der Waals surface area contributed by atoms with E-state index in [-0.39, 0.29) is 5.25 Å². The number of allylic oxidation sites excluding steroid dienone is 1. The molecular formula is C8H14O2S. The fourth-order valence-electron chi connectivity index (χ4n) is 1.58. The summed E-state index contributed by atoms with van der Waals surface area (Å²) in [5, 5.41) is -0.00764. The predicted molar refractivity (Wildman–Crippen MR) is 46.7 cm³/mol. The van der Waals surface area contributed by atoms with Crippen LogP contribution >= 0.6 is 0 Å². The van der Waals surface area contributed by atoms with Gasteiger partial charge in [0.15, 0.2) is 11.1 Å². The second kappa shape index (κ2) is 4.02. The Labute approximate surface area is 70.0 Å². The Bertz CT molecular complexity index is 167. The van der Waals surface area contributed by atoms with Crippen molar-refractivity contribution in [1.29, 1.82) is 0 Å². The van der Waals surface area contributed by atoms with Crippen LogP contribution in [0.1, 0.15) is 25.7 Å². The van der Waals surface area contributed by atoms with E-state index >= 15 is 0 Å². The third-order valence-electron chi connectivity index (χ3n) is 2.29. The maximum atomic E-state index is 10.7. The van der Waals surface area contributed by atoms with Crippen LogP contribution in [-0.2, 0) is 11.1 Å². The van der Waals surface area contributed by atoms with Gasteiger partial charge < -0.3 is 4.55 Å². The summed E-state index contributed by atoms with van der Waals surface area (Å²) in [5.74, 6) is 0.463. The van der Waals surface area contributed by atoms with Crippen molar-refractivity contribution in [3.63, 3.8) is 0 Å². The molecule has 0 amide bonds. The van der Waals surface area contributed by atoms with E-state index in [1.165, 1.54) is 0 Å². The van der Waals surface area contributed by atoms with Gasteiger partial charge in [0.05, 0.1) is 5.25 Å². The molecule has 0 heterocycles. The Kier molecular flexibility index (Phi) is 3.27. The largest absolute Gasteiger partial charge is 0.306 e. The first-order chi connectivity index (χ1) is 5.24. The second-order valence-electron chi connectivity index (χ2n) is 3.06. The van der Waals surface area contributed by atoms with E-state index in [4.69, 9.17) is 4.55 Å². The number of hydrogen-bond acceptors (Lipinski definition) is 1. The average Bonchev–Trinajstić information content (AvgIpc) is 2.05. The molecule has 3 unspecified atom stereocenters. The fourth-order valence-corrected chi connectivity index (χ4v) is 2.36. The van der Waals surface area contributed by atoms with Crippen LogP contribution in [0.2, 0.25) is 0 Å². The summed E-state index contributed by atoms with van der Waals surface area (Å²) in [6, 6.07) is 0. The monoisotopic (exact) mass is 174 g/mol. The second-order valence-corrected chi connectivity index (χ2v) is 4.28. The van der Waals surface area contributed by atoms with Crippen molar-refractivity contribution in [3.05, 3.63) is 12.7 Å². The number of hydrogen-bond donors (Lipinski definition) is 1. The number of rotatable bonds is 2. The molecule has 1 N–H and O–H groups in total. The van der Waals surface area contributed by atoms with Crippen molar-refractivity contribution in [2.45, 2.75) is 30.9 Å². The smallest absolute Gasteiger partial charge is 0.155 e. The lowest BCUT2D eigenvalue weighted by Gasteiger charge is -2.24. The highest BCUT2D eigenvalue weighted by atomic mass is 32.2. The minimum absolute atomic E-state index is 0.00764. The van der Waals surface area contributed by atoms with Gasteiger partial charge >= 0.3 is 0 Å². The predicted octanol–water partition coefficient (Wildman–Crippen LogP) is 1.95. The van der Waals surface area contributed by atoms with E-state index in [0.29, 0.717) is 5.92 Å². The normalized spacial score (nSPS) is 34.6. The van der Waals surface area contributed by atoms with Gasteiger partial charge in [0.25, 0.3) is 0 Å². The Morgan fingerprint density at radius 2 is 2.27 bits per heavy atom. The van der Waals surface area contributed by atoms with Crippen LogP contribution in [0.15, 0.2) is 12.7 Å². The first kappa shape index (κ1) is 8.94. The minimum Gasteiger partial charge on any atom is -0.306 e. The molecule has 1 aliphatic rings. The highest BCUT2D eigenvalue weighted by molar-refractivity contribution is 7.79. The van der Waals surface area contributed by atoms with Crippen molar-refractivity contribution in [2.75, 3.05) is 0 Å². The summed E-state index contributed by atoms with van der Waals surface area (Å²) >= 11 is -1.62. The van der Waals surface area contributed by atoms with Crippen LogP contribution in [0.4, 0.5) is 0 Å². The summed E-state index contributed by atoms with van der Waals surface area (Å²) in [5.41, 5.74) is 0.